The second-order valence-corrected chi connectivity index (χ2v) is 32.1. The maximum Gasteiger partial charge on any atom is 0.373 e. The fourth-order valence-corrected chi connectivity index (χ4v) is 16.3. The number of oxazole rings is 1. The van der Waals surface area contributed by atoms with Gasteiger partial charge in [-0.2, -0.15) is 19.2 Å². The van der Waals surface area contributed by atoms with Gasteiger partial charge in [0.1, 0.15) is 56.0 Å². The van der Waals surface area contributed by atoms with Crippen LogP contribution in [0, 0.1) is 11.8 Å². The maximum absolute atomic E-state index is 13.2. The minimum absolute atomic E-state index is 0. The number of anilines is 4. The molecule has 16 aromatic rings. The first-order valence-electron chi connectivity index (χ1n) is 44.2. The number of nitrogens with two attached hydrogens (primary N) is 2. The number of methoxy groups -OCH3 is 2. The number of fused-ring (bicyclic) bond motifs is 8. The van der Waals surface area contributed by atoms with Crippen LogP contribution in [0.5, 0.6) is 23.2 Å². The molecular weight excluding hydrogens is 1970 g/mol. The van der Waals surface area contributed by atoms with Crippen molar-refractivity contribution >= 4 is 116 Å². The molecule has 39 heteroatoms. The molecule has 7 amide bonds. The molecule has 0 radical (unpaired) electrons. The number of amides is 7. The summed E-state index contributed by atoms with van der Waals surface area (Å²) in [5.41, 5.74) is 21.0. The maximum atomic E-state index is 13.2. The first-order chi connectivity index (χ1) is 70.8. The highest BCUT2D eigenvalue weighted by Gasteiger charge is 2.73. The number of benzene rings is 11. The van der Waals surface area contributed by atoms with Gasteiger partial charge in [0.25, 0.3) is 41.2 Å². The lowest BCUT2D eigenvalue weighted by molar-refractivity contribution is -0.420. The Morgan fingerprint density at radius 2 is 0.871 bits per heavy atom. The fourth-order valence-electron chi connectivity index (χ4n) is 15.7. The van der Waals surface area contributed by atoms with Crippen molar-refractivity contribution in [3.05, 3.63) is 416 Å². The van der Waals surface area contributed by atoms with Crippen LogP contribution in [0.2, 0.25) is 0 Å². The summed E-state index contributed by atoms with van der Waals surface area (Å²) in [5, 5.41) is 38.3. The van der Waals surface area contributed by atoms with Crippen molar-refractivity contribution in [1.29, 1.82) is 0 Å². The summed E-state index contributed by atoms with van der Waals surface area (Å²) in [7, 11) is 3.05. The Kier molecular flexibility index (Phi) is 38.6. The smallest absolute Gasteiger partial charge is 0.373 e. The monoisotopic (exact) mass is 2060 g/mol. The molecule has 147 heavy (non-hydrogen) atoms. The third kappa shape index (κ3) is 24.9. The molecule has 2 saturated heterocycles. The molecule has 2 fully saturated rings. The molecule has 744 valence electrons. The lowest BCUT2D eigenvalue weighted by atomic mass is 9.82. The zero-order valence-corrected chi connectivity index (χ0v) is 80.7. The summed E-state index contributed by atoms with van der Waals surface area (Å²) < 4.78 is 26.5. The van der Waals surface area contributed by atoms with E-state index in [2.05, 4.69) is 91.3 Å². The molecule has 0 aliphatic carbocycles. The van der Waals surface area contributed by atoms with Gasteiger partial charge in [-0.15, -0.1) is 0 Å². The van der Waals surface area contributed by atoms with Crippen LogP contribution < -0.4 is 71.0 Å². The number of aromatic nitrogens is 6. The Morgan fingerprint density at radius 1 is 0.483 bits per heavy atom. The molecule has 5 aliphatic rings. The molecule has 7 atom stereocenters. The van der Waals surface area contributed by atoms with E-state index in [9.17, 15) is 63.3 Å². The highest BCUT2D eigenvalue weighted by Crippen LogP contribution is 2.54. The average Bonchev–Trinajstić information content (AvgIpc) is 1.52. The Morgan fingerprint density at radius 3 is 1.31 bits per heavy atom. The van der Waals surface area contributed by atoms with Crippen molar-refractivity contribution in [2.45, 2.75) is 44.2 Å². The Balaban J connectivity index is 0.000000162. The van der Waals surface area contributed by atoms with E-state index in [1.54, 1.807) is 171 Å². The number of rotatable bonds is 18. The van der Waals surface area contributed by atoms with Crippen LogP contribution in [0.3, 0.4) is 0 Å². The number of H-pyrrole nitrogens is 2. The van der Waals surface area contributed by atoms with E-state index < -0.39 is 64.8 Å². The first-order valence-corrected chi connectivity index (χ1v) is 45.0. The van der Waals surface area contributed by atoms with Crippen molar-refractivity contribution in [1.82, 2.24) is 35.5 Å². The summed E-state index contributed by atoms with van der Waals surface area (Å²) in [6.07, 6.45) is 2.59. The number of nitrogens with one attached hydrogen (secondary N) is 4. The highest BCUT2D eigenvalue weighted by atomic mass is 79.9. The molecule has 2 bridgehead atoms. The fraction of sp³-hybridized carbons (Fsp3) is 0.102. The predicted octanol–water partition coefficient (Wildman–Crippen LogP) is 11.0. The second kappa shape index (κ2) is 52.2. The van der Waals surface area contributed by atoms with Crippen molar-refractivity contribution in [2.75, 3.05) is 34.3 Å². The lowest BCUT2D eigenvalue weighted by Crippen LogP contribution is -3.00. The van der Waals surface area contributed by atoms with Crippen LogP contribution in [0.25, 0.3) is 55.8 Å². The van der Waals surface area contributed by atoms with Crippen LogP contribution >= 0.6 is 15.9 Å². The van der Waals surface area contributed by atoms with Crippen molar-refractivity contribution in [2.24, 2.45) is 28.4 Å². The number of nitrogens with zero attached hydrogens (tertiary/aromatic N) is 8. The number of aromatic hydroxyl groups is 3. The Labute approximate surface area is 851 Å². The quantitative estimate of drug-likeness (QED) is 0.00952. The van der Waals surface area contributed by atoms with Gasteiger partial charge in [0.15, 0.2) is 47.6 Å². The minimum atomic E-state index is -1.33. The number of imide groups is 3. The number of pyridine rings is 3. The molecule has 10 heterocycles. The van der Waals surface area contributed by atoms with E-state index in [1.807, 2.05) is 165 Å². The zero-order valence-electron chi connectivity index (χ0n) is 78.3. The molecule has 0 saturated carbocycles. The Hall–Kier alpha value is -18.6. The molecule has 37 nitrogen and oxygen atoms in total. The summed E-state index contributed by atoms with van der Waals surface area (Å²) in [6, 6.07) is 102. The van der Waals surface area contributed by atoms with Gasteiger partial charge in [-0.05, 0) is 71.7 Å². The van der Waals surface area contributed by atoms with E-state index in [4.69, 9.17) is 49.4 Å². The molecule has 21 rings (SSSR count). The number of carbonyl (C=O) groups is 8. The highest BCUT2D eigenvalue weighted by molar-refractivity contribution is 9.10. The van der Waals surface area contributed by atoms with Gasteiger partial charge < -0.3 is 67.6 Å². The van der Waals surface area contributed by atoms with Crippen LogP contribution in [0.1, 0.15) is 95.8 Å². The summed E-state index contributed by atoms with van der Waals surface area (Å²) in [6.45, 7) is 4.39. The number of nitrogen functional groups attached to an aromatic ring is 1. The number of hydrogen-bond acceptors (Lipinski definition) is 30. The van der Waals surface area contributed by atoms with E-state index >= 15 is 0 Å². The van der Waals surface area contributed by atoms with E-state index in [1.165, 1.54) is 30.2 Å². The average molecular weight is 2070 g/mol. The molecule has 14 N–H and O–H groups in total. The molecular formula is C108H91BrClN15O22. The van der Waals surface area contributed by atoms with Crippen molar-refractivity contribution in [3.63, 3.8) is 0 Å². The number of aromatic amines is 2. The third-order valence-electron chi connectivity index (χ3n) is 22.5. The summed E-state index contributed by atoms with van der Waals surface area (Å²) in [5.74, 6) is -0.520. The van der Waals surface area contributed by atoms with E-state index in [0.29, 0.717) is 57.9 Å². The molecule has 7 unspecified atom stereocenters. The van der Waals surface area contributed by atoms with Gasteiger partial charge >= 0.3 is 18.2 Å². The van der Waals surface area contributed by atoms with Crippen LogP contribution in [-0.4, -0.2) is 138 Å². The molecule has 5 aromatic heterocycles. The molecule has 5 aliphatic heterocycles. The van der Waals surface area contributed by atoms with Gasteiger partial charge in [-0.25, -0.2) is 35.5 Å². The van der Waals surface area contributed by atoms with Gasteiger partial charge in [-0.1, -0.05) is 297 Å². The SMILES string of the molecule is CC(NC=O)c1ccccc1.CC([NH3+])c1ccccc1.COC12OC(N=C1c1ccccc1)C1C(=O)N(c3ccccc3)C(=O)C12.COc1ocnc1-c1ccccc1.NC(OC=O)c1ccccc1.NNc1nc(-c2ccccc2)c(O)c2c(=O)[nH][nH]c(=O)c12.O=C1c2c(Br)nc(-c3ccccc3)c(O)c2C(=O)N1c1ccccc1.O=C1c2cnc(-c3ccccc3)c(O)c2C(=O)N1c1ccccc1.O=C=O.O=C=O.[Cl-]. The number of hydrogen-bond donors (Lipinski definition) is 10. The lowest BCUT2D eigenvalue weighted by Gasteiger charge is -2.30. The topological polar surface area (TPSA) is 559 Å². The zero-order chi connectivity index (χ0) is 105. The van der Waals surface area contributed by atoms with Crippen LogP contribution in [-0.2, 0) is 52.6 Å². The largest absolute Gasteiger partial charge is 1.00 e. The summed E-state index contributed by atoms with van der Waals surface area (Å²) >= 11 is 3.28. The summed E-state index contributed by atoms with van der Waals surface area (Å²) in [4.78, 5) is 178. The molecule has 0 spiro atoms. The standard InChI is InChI=1S/C20H16N2O4.C19H11BrN2O3.C19H12N2O3.C13H11N5O3.C10H9NO2.C9H11NO.C8H9NO2.C8H11N.2CO2.ClH/c1-25-20-15-14(17(26-20)21-16(20)12-8-4-2-5-9-12)18(23)22(19(15)24)13-10-6-3-7-11-13;20-17-14-13(16(23)15(21-17)11-7-3-1-4-8-11)18(24)22(19(14)25)12-9-5-2-6-10-12;22-17-15-14(11-20-16(17)12-7-3-1-4-8-12)18(23)21(19(15)24)13-9-5-2-6-10-13;14-16-11-8-7(12(20)17-18-13(8)21)10(19)9(15-11)6-4-2-1-3-5-6;1-12-10-9(11-7-13-10)8-5-3-2-4-6-8;1-8(10-7-11)9-5-3-2-4-6-9;9-8(11-6-10)7-4-2-1-3-5-7;1-7(9)8-5-3-2-4-6-8;2*2-1-3;/h2-11,14-15,17H,1H3;1-10,23H;1-11,22H;1-5,19H,14H2,(H,15,16)(H,17,20)(H,18,21);2-7H,1H3;2-8H,1H3,(H,10,11);1-6,8H,9H2;2-7H,9H2,1H3;;;1H. The minimum Gasteiger partial charge on any atom is -1.00 e. The van der Waals surface area contributed by atoms with Gasteiger partial charge in [0, 0.05) is 52.3 Å². The van der Waals surface area contributed by atoms with Crippen LogP contribution in [0.4, 0.5) is 22.9 Å². The second-order valence-electron chi connectivity index (χ2n) is 31.3. The van der Waals surface area contributed by atoms with Crippen LogP contribution in [0.15, 0.2) is 370 Å². The number of carbonyl (C=O) groups excluding carboxylic acids is 12. The van der Waals surface area contributed by atoms with E-state index in [0.717, 1.165) is 44.2 Å². The number of ether oxygens (including phenoxy) is 4. The van der Waals surface area contributed by atoms with E-state index in [-0.39, 0.29) is 120 Å². The number of quaternary nitrogens is 1. The Bertz CT molecular complexity index is 7430. The number of hydrazine groups is 1. The van der Waals surface area contributed by atoms with Gasteiger partial charge in [0.05, 0.1) is 52.5 Å². The number of aliphatic imine (C=N–C) groups is 1. The van der Waals surface area contributed by atoms with Gasteiger partial charge in [0.2, 0.25) is 24.0 Å². The number of para-hydroxylation sites is 3. The van der Waals surface area contributed by atoms with Crippen molar-refractivity contribution in [3.8, 4) is 68.2 Å². The normalized spacial score (nSPS) is 15.2. The van der Waals surface area contributed by atoms with Crippen molar-refractivity contribution < 1.29 is 114 Å². The first kappa shape index (κ1) is 109. The van der Waals surface area contributed by atoms with Gasteiger partial charge in [-0.3, -0.25) is 73.9 Å². The predicted molar refractivity (Wildman–Crippen MR) is 538 cm³/mol. The third-order valence-corrected chi connectivity index (χ3v) is 23.1. The number of halogens is 2. The molecule has 11 aromatic carbocycles.